The number of aryl methyl sites for hydroxylation is 1. The normalized spacial score (nSPS) is 11.0. The van der Waals surface area contributed by atoms with Gasteiger partial charge in [0.25, 0.3) is 15.9 Å². The Morgan fingerprint density at radius 2 is 1.69 bits per heavy atom. The highest BCUT2D eigenvalue weighted by atomic mass is 32.2. The molecule has 0 heterocycles. The van der Waals surface area contributed by atoms with E-state index in [1.807, 2.05) is 0 Å². The fourth-order valence-corrected chi connectivity index (χ4v) is 3.68. The molecule has 3 rings (SSSR count). The summed E-state index contributed by atoms with van der Waals surface area (Å²) in [5.41, 5.74) is 1.07. The number of sulfonamides is 1. The van der Waals surface area contributed by atoms with Crippen LogP contribution in [-0.4, -0.2) is 21.4 Å². The molecule has 1 amide bonds. The van der Waals surface area contributed by atoms with Crippen molar-refractivity contribution in [3.8, 4) is 5.75 Å². The average Bonchev–Trinajstić information content (AvgIpc) is 2.70. The number of nitrogens with one attached hydrogen (secondary N) is 2. The number of rotatable bonds is 6. The highest BCUT2D eigenvalue weighted by Gasteiger charge is 2.19. The van der Waals surface area contributed by atoms with Crippen LogP contribution >= 0.6 is 0 Å². The highest BCUT2D eigenvalue weighted by Crippen LogP contribution is 2.23. The SMILES string of the molecule is COc1ccc(NC(=O)c2ccccc2NS(=O)(=O)c2ccc(C)c(F)c2)cc1. The highest BCUT2D eigenvalue weighted by molar-refractivity contribution is 7.92. The molecule has 0 spiro atoms. The number of hydrogen-bond acceptors (Lipinski definition) is 4. The summed E-state index contributed by atoms with van der Waals surface area (Å²) in [7, 11) is -2.54. The number of ether oxygens (including phenoxy) is 1. The summed E-state index contributed by atoms with van der Waals surface area (Å²) in [6.45, 7) is 1.54. The Kier molecular flexibility index (Phi) is 5.84. The van der Waals surface area contributed by atoms with Gasteiger partial charge in [-0.15, -0.1) is 0 Å². The van der Waals surface area contributed by atoms with Gasteiger partial charge in [-0.05, 0) is 61.0 Å². The van der Waals surface area contributed by atoms with Gasteiger partial charge in [-0.3, -0.25) is 9.52 Å². The van der Waals surface area contributed by atoms with Crippen molar-refractivity contribution in [1.29, 1.82) is 0 Å². The second-order valence-corrected chi connectivity index (χ2v) is 7.93. The van der Waals surface area contributed by atoms with Crippen LogP contribution in [0.5, 0.6) is 5.75 Å². The number of methoxy groups -OCH3 is 1. The third-order valence-electron chi connectivity index (χ3n) is 4.22. The zero-order valence-corrected chi connectivity index (χ0v) is 16.6. The Morgan fingerprint density at radius 1 is 1.00 bits per heavy atom. The molecule has 0 saturated heterocycles. The predicted molar refractivity (Wildman–Crippen MR) is 109 cm³/mol. The monoisotopic (exact) mass is 414 g/mol. The van der Waals surface area contributed by atoms with Gasteiger partial charge in [-0.2, -0.15) is 0 Å². The van der Waals surface area contributed by atoms with Gasteiger partial charge in [0.2, 0.25) is 0 Å². The molecule has 29 heavy (non-hydrogen) atoms. The molecule has 3 aromatic rings. The fourth-order valence-electron chi connectivity index (χ4n) is 2.59. The first-order valence-corrected chi connectivity index (χ1v) is 10.1. The fraction of sp³-hybridized carbons (Fsp3) is 0.0952. The minimum Gasteiger partial charge on any atom is -0.497 e. The smallest absolute Gasteiger partial charge is 0.262 e. The van der Waals surface area contributed by atoms with Crippen LogP contribution in [-0.2, 0) is 10.0 Å². The summed E-state index contributed by atoms with van der Waals surface area (Å²) in [6.07, 6.45) is 0. The molecule has 0 radical (unpaired) electrons. The second kappa shape index (κ2) is 8.32. The summed E-state index contributed by atoms with van der Waals surface area (Å²) in [5, 5.41) is 2.70. The van der Waals surface area contributed by atoms with Gasteiger partial charge in [-0.25, -0.2) is 12.8 Å². The van der Waals surface area contributed by atoms with Gasteiger partial charge < -0.3 is 10.1 Å². The molecular weight excluding hydrogens is 395 g/mol. The number of hydrogen-bond donors (Lipinski definition) is 2. The van der Waals surface area contributed by atoms with E-state index in [0.717, 1.165) is 6.07 Å². The first kappa shape index (κ1) is 20.3. The van der Waals surface area contributed by atoms with E-state index in [4.69, 9.17) is 4.74 Å². The number of anilines is 2. The summed E-state index contributed by atoms with van der Waals surface area (Å²) < 4.78 is 46.5. The van der Waals surface area contributed by atoms with E-state index in [1.165, 1.54) is 38.3 Å². The largest absolute Gasteiger partial charge is 0.497 e. The zero-order valence-electron chi connectivity index (χ0n) is 15.8. The topological polar surface area (TPSA) is 84.5 Å². The maximum Gasteiger partial charge on any atom is 0.262 e. The Hall–Kier alpha value is -3.39. The number of carbonyl (C=O) groups is 1. The van der Waals surface area contributed by atoms with Crippen molar-refractivity contribution in [3.63, 3.8) is 0 Å². The third-order valence-corrected chi connectivity index (χ3v) is 5.58. The molecule has 0 aliphatic carbocycles. The summed E-state index contributed by atoms with van der Waals surface area (Å²) in [5.74, 6) is -0.483. The van der Waals surface area contributed by atoms with Crippen molar-refractivity contribution in [2.75, 3.05) is 17.1 Å². The number of benzene rings is 3. The molecule has 0 bridgehead atoms. The third kappa shape index (κ3) is 4.72. The van der Waals surface area contributed by atoms with Gasteiger partial charge in [-0.1, -0.05) is 18.2 Å². The molecule has 8 heteroatoms. The minimum absolute atomic E-state index is 0.0829. The predicted octanol–water partition coefficient (Wildman–Crippen LogP) is 4.20. The van der Waals surface area contributed by atoms with E-state index in [1.54, 1.807) is 36.4 Å². The van der Waals surface area contributed by atoms with Crippen LogP contribution in [0.4, 0.5) is 15.8 Å². The quantitative estimate of drug-likeness (QED) is 0.633. The molecule has 0 aromatic heterocycles. The lowest BCUT2D eigenvalue weighted by molar-refractivity contribution is 0.102. The van der Waals surface area contributed by atoms with Crippen molar-refractivity contribution in [3.05, 3.63) is 83.7 Å². The molecule has 3 aromatic carbocycles. The van der Waals surface area contributed by atoms with Crippen molar-refractivity contribution in [1.82, 2.24) is 0 Å². The summed E-state index contributed by atoms with van der Waals surface area (Å²) in [6, 6.07) is 16.5. The Morgan fingerprint density at radius 3 is 2.34 bits per heavy atom. The van der Waals surface area contributed by atoms with E-state index in [9.17, 15) is 17.6 Å². The molecule has 6 nitrogen and oxygen atoms in total. The van der Waals surface area contributed by atoms with Gasteiger partial charge in [0.05, 0.1) is 23.3 Å². The number of amides is 1. The lowest BCUT2D eigenvalue weighted by atomic mass is 10.1. The lowest BCUT2D eigenvalue weighted by Crippen LogP contribution is -2.18. The van der Waals surface area contributed by atoms with Crippen LogP contribution in [0.1, 0.15) is 15.9 Å². The van der Waals surface area contributed by atoms with E-state index >= 15 is 0 Å². The second-order valence-electron chi connectivity index (χ2n) is 6.24. The van der Waals surface area contributed by atoms with Gasteiger partial charge >= 0.3 is 0 Å². The van der Waals surface area contributed by atoms with E-state index in [2.05, 4.69) is 10.0 Å². The lowest BCUT2D eigenvalue weighted by Gasteiger charge is -2.13. The Labute approximate surface area is 168 Å². The van der Waals surface area contributed by atoms with Crippen LogP contribution in [0.2, 0.25) is 0 Å². The van der Waals surface area contributed by atoms with Crippen LogP contribution in [0.15, 0.2) is 71.6 Å². The number of para-hydroxylation sites is 1. The first-order chi connectivity index (χ1) is 13.8. The molecule has 2 N–H and O–H groups in total. The Balaban J connectivity index is 1.85. The molecule has 0 fully saturated rings. The Bertz CT molecular complexity index is 1150. The number of halogens is 1. The molecule has 0 saturated carbocycles. The van der Waals surface area contributed by atoms with Crippen LogP contribution in [0.25, 0.3) is 0 Å². The van der Waals surface area contributed by atoms with Crippen molar-refractivity contribution in [2.45, 2.75) is 11.8 Å². The van der Waals surface area contributed by atoms with Gasteiger partial charge in [0.15, 0.2) is 0 Å². The molecule has 0 unspecified atom stereocenters. The van der Waals surface area contributed by atoms with Gasteiger partial charge in [0.1, 0.15) is 11.6 Å². The maximum absolute atomic E-state index is 13.8. The first-order valence-electron chi connectivity index (χ1n) is 8.63. The zero-order chi connectivity index (χ0) is 21.0. The average molecular weight is 414 g/mol. The summed E-state index contributed by atoms with van der Waals surface area (Å²) >= 11 is 0. The van der Waals surface area contributed by atoms with E-state index < -0.39 is 21.7 Å². The van der Waals surface area contributed by atoms with E-state index in [-0.39, 0.29) is 16.1 Å². The van der Waals surface area contributed by atoms with Crippen molar-refractivity contribution in [2.24, 2.45) is 0 Å². The molecule has 0 aliphatic rings. The molecule has 0 atom stereocenters. The maximum atomic E-state index is 13.8. The van der Waals surface area contributed by atoms with Crippen LogP contribution in [0.3, 0.4) is 0 Å². The minimum atomic E-state index is -4.08. The molecular formula is C21H19FN2O4S. The molecule has 150 valence electrons. The standard InChI is InChI=1S/C21H19FN2O4S/c1-14-7-12-17(13-19(14)22)29(26,27)24-20-6-4-3-5-18(20)21(25)23-15-8-10-16(28-2)11-9-15/h3-13,24H,1-2H3,(H,23,25). The van der Waals surface area contributed by atoms with Crippen LogP contribution < -0.4 is 14.8 Å². The van der Waals surface area contributed by atoms with Crippen molar-refractivity contribution < 1.29 is 22.3 Å². The van der Waals surface area contributed by atoms with Crippen LogP contribution in [0, 0.1) is 12.7 Å². The van der Waals surface area contributed by atoms with E-state index in [0.29, 0.717) is 17.0 Å². The number of carbonyl (C=O) groups excluding carboxylic acids is 1. The molecule has 0 aliphatic heterocycles. The van der Waals surface area contributed by atoms with Crippen molar-refractivity contribution >= 4 is 27.3 Å². The van der Waals surface area contributed by atoms with Gasteiger partial charge in [0, 0.05) is 5.69 Å². The summed E-state index contributed by atoms with van der Waals surface area (Å²) in [4.78, 5) is 12.4.